The lowest BCUT2D eigenvalue weighted by molar-refractivity contribution is 0.145. The number of nitrogens with zero attached hydrogens (tertiary/aromatic N) is 3. The van der Waals surface area contributed by atoms with Gasteiger partial charge in [-0.15, -0.1) is 0 Å². The number of amidine groups is 1. The Bertz CT molecular complexity index is 807. The number of aryl methyl sites for hydroxylation is 2. The number of benzene rings is 1. The summed E-state index contributed by atoms with van der Waals surface area (Å²) in [5.74, 6) is 0.121. The third-order valence-corrected chi connectivity index (χ3v) is 7.41. The molecule has 1 atom stereocenters. The quantitative estimate of drug-likeness (QED) is 0.610. The van der Waals surface area contributed by atoms with Crippen molar-refractivity contribution in [1.82, 2.24) is 4.90 Å². The highest BCUT2D eigenvalue weighted by molar-refractivity contribution is 8.01. The molecule has 146 valence electrons. The fourth-order valence-electron chi connectivity index (χ4n) is 4.42. The summed E-state index contributed by atoms with van der Waals surface area (Å²) in [5, 5.41) is 0.128. The van der Waals surface area contributed by atoms with Gasteiger partial charge in [-0.1, -0.05) is 6.07 Å². The van der Waals surface area contributed by atoms with Crippen LogP contribution < -0.4 is 11.5 Å². The topological polar surface area (TPSA) is 97.1 Å². The molecule has 0 bridgehead atoms. The molecule has 4 N–H and O–H groups in total. The van der Waals surface area contributed by atoms with E-state index in [9.17, 15) is 4.21 Å². The van der Waals surface area contributed by atoms with Gasteiger partial charge in [-0.25, -0.2) is 4.99 Å². The fraction of sp³-hybridized carbons (Fsp3) is 0.600. The largest absolute Gasteiger partial charge is 0.376 e. The fourth-order valence-corrected chi connectivity index (χ4v) is 5.59. The van der Waals surface area contributed by atoms with E-state index >= 15 is 0 Å². The third-order valence-electron chi connectivity index (χ3n) is 6.01. The molecule has 3 aliphatic rings. The summed E-state index contributed by atoms with van der Waals surface area (Å²) in [7, 11) is -1.31. The number of hydrogen-bond acceptors (Lipinski definition) is 3. The van der Waals surface area contributed by atoms with E-state index in [1.807, 2.05) is 0 Å². The summed E-state index contributed by atoms with van der Waals surface area (Å²) >= 11 is 0. The van der Waals surface area contributed by atoms with Gasteiger partial charge in [-0.3, -0.25) is 9.11 Å². The maximum Gasteiger partial charge on any atom is 0.223 e. The zero-order chi connectivity index (χ0) is 19.1. The van der Waals surface area contributed by atoms with Crippen molar-refractivity contribution in [3.8, 4) is 0 Å². The molecule has 7 heteroatoms. The van der Waals surface area contributed by atoms with Crippen LogP contribution in [0.5, 0.6) is 0 Å². The van der Waals surface area contributed by atoms with Gasteiger partial charge in [0.25, 0.3) is 0 Å². The minimum Gasteiger partial charge on any atom is -0.376 e. The van der Waals surface area contributed by atoms with Gasteiger partial charge >= 0.3 is 0 Å². The average Bonchev–Trinajstić information content (AvgIpc) is 3.21. The van der Waals surface area contributed by atoms with E-state index in [-0.39, 0.29) is 16.4 Å². The number of nitrogens with two attached hydrogens (primary N) is 2. The summed E-state index contributed by atoms with van der Waals surface area (Å²) in [6, 6.07) is 2.83. The molecule has 27 heavy (non-hydrogen) atoms. The number of guanidine groups is 1. The molecule has 2 aliphatic carbocycles. The second-order valence-electron chi connectivity index (χ2n) is 8.09. The van der Waals surface area contributed by atoms with Crippen molar-refractivity contribution in [2.75, 3.05) is 13.1 Å². The van der Waals surface area contributed by atoms with E-state index in [1.54, 1.807) is 0 Å². The Morgan fingerprint density at radius 2 is 1.70 bits per heavy atom. The number of rotatable bonds is 3. The lowest BCUT2D eigenvalue weighted by Crippen LogP contribution is -2.57. The molecule has 1 aromatic carbocycles. The van der Waals surface area contributed by atoms with Crippen molar-refractivity contribution in [3.63, 3.8) is 0 Å². The monoisotopic (exact) mass is 387 g/mol. The molecule has 1 aromatic rings. The van der Waals surface area contributed by atoms with E-state index < -0.39 is 10.8 Å². The summed E-state index contributed by atoms with van der Waals surface area (Å²) < 4.78 is 12.6. The standard InChI is InChI=1S/C20H29N5OS/c1-12(2)25-10-15(11-25)27(26)20(22)24-19(21)23-18-16-7-3-5-13(16)9-14-6-4-8-17(14)18/h9,12,15H,3-8,10-11H2,1-2H3,(H4,21,22,23,24). The van der Waals surface area contributed by atoms with E-state index in [2.05, 4.69) is 34.8 Å². The van der Waals surface area contributed by atoms with Crippen LogP contribution in [0.25, 0.3) is 0 Å². The van der Waals surface area contributed by atoms with Crippen LogP contribution in [0.15, 0.2) is 16.1 Å². The smallest absolute Gasteiger partial charge is 0.223 e. The Kier molecular flexibility index (Phi) is 5.07. The molecule has 4 rings (SSSR count). The lowest BCUT2D eigenvalue weighted by atomic mass is 9.99. The van der Waals surface area contributed by atoms with Crippen LogP contribution in [-0.4, -0.2) is 44.6 Å². The van der Waals surface area contributed by atoms with Gasteiger partial charge in [-0.05, 0) is 74.6 Å². The Labute approximate surface area is 163 Å². The molecule has 0 saturated carbocycles. The Morgan fingerprint density at radius 3 is 2.26 bits per heavy atom. The molecular weight excluding hydrogens is 358 g/mol. The molecular formula is C20H29N5OS. The number of hydrogen-bond donors (Lipinski definition) is 2. The lowest BCUT2D eigenvalue weighted by Gasteiger charge is -2.40. The Morgan fingerprint density at radius 1 is 1.11 bits per heavy atom. The molecule has 0 radical (unpaired) electrons. The summed E-state index contributed by atoms with van der Waals surface area (Å²) in [4.78, 5) is 11.1. The van der Waals surface area contributed by atoms with Crippen LogP contribution in [0.4, 0.5) is 5.69 Å². The van der Waals surface area contributed by atoms with Crippen LogP contribution >= 0.6 is 0 Å². The molecule has 1 saturated heterocycles. The highest BCUT2D eigenvalue weighted by Gasteiger charge is 2.34. The van der Waals surface area contributed by atoms with E-state index in [1.165, 1.54) is 35.1 Å². The first-order chi connectivity index (χ1) is 12.9. The second-order valence-corrected chi connectivity index (χ2v) is 9.77. The minimum atomic E-state index is -1.31. The molecule has 1 fully saturated rings. The number of aliphatic imine (C=N–C) groups is 2. The zero-order valence-corrected chi connectivity index (χ0v) is 17.0. The highest BCUT2D eigenvalue weighted by Crippen LogP contribution is 2.40. The molecule has 6 nitrogen and oxygen atoms in total. The Balaban J connectivity index is 1.55. The van der Waals surface area contributed by atoms with E-state index in [0.29, 0.717) is 6.04 Å². The second kappa shape index (κ2) is 7.36. The van der Waals surface area contributed by atoms with Crippen molar-refractivity contribution >= 4 is 27.6 Å². The number of likely N-dealkylation sites (tertiary alicyclic amines) is 1. The van der Waals surface area contributed by atoms with Crippen LogP contribution in [0.1, 0.15) is 48.9 Å². The molecule has 1 aliphatic heterocycles. The first-order valence-electron chi connectivity index (χ1n) is 9.93. The van der Waals surface area contributed by atoms with Crippen LogP contribution in [0, 0.1) is 0 Å². The highest BCUT2D eigenvalue weighted by atomic mass is 32.2. The average molecular weight is 388 g/mol. The van der Waals surface area contributed by atoms with Crippen molar-refractivity contribution in [2.24, 2.45) is 21.5 Å². The maximum absolute atomic E-state index is 12.6. The van der Waals surface area contributed by atoms with Crippen molar-refractivity contribution in [2.45, 2.75) is 63.7 Å². The van der Waals surface area contributed by atoms with Gasteiger partial charge in [0.2, 0.25) is 5.96 Å². The van der Waals surface area contributed by atoms with Crippen LogP contribution in [-0.2, 0) is 36.5 Å². The van der Waals surface area contributed by atoms with E-state index in [4.69, 9.17) is 11.5 Å². The van der Waals surface area contributed by atoms with E-state index in [0.717, 1.165) is 44.5 Å². The van der Waals surface area contributed by atoms with Gasteiger partial charge in [0.05, 0.1) is 21.7 Å². The first kappa shape index (κ1) is 18.6. The SMILES string of the molecule is CC(C)N1CC(S(=O)/C(N)=N/C(N)=Nc2c3c(cc4c2CCC4)CCC3)C1. The Hall–Kier alpha value is -1.73. The van der Waals surface area contributed by atoms with Gasteiger partial charge in [-0.2, -0.15) is 4.99 Å². The summed E-state index contributed by atoms with van der Waals surface area (Å²) in [6.45, 7) is 5.85. The molecule has 0 spiro atoms. The molecule has 1 heterocycles. The maximum atomic E-state index is 12.6. The van der Waals surface area contributed by atoms with Crippen molar-refractivity contribution in [3.05, 3.63) is 28.3 Å². The summed E-state index contributed by atoms with van der Waals surface area (Å²) in [5.41, 5.74) is 18.6. The van der Waals surface area contributed by atoms with Crippen LogP contribution in [0.2, 0.25) is 0 Å². The molecule has 0 aromatic heterocycles. The van der Waals surface area contributed by atoms with Crippen molar-refractivity contribution in [1.29, 1.82) is 0 Å². The predicted octanol–water partition coefficient (Wildman–Crippen LogP) is 1.77. The summed E-state index contributed by atoms with van der Waals surface area (Å²) in [6.07, 6.45) is 6.68. The minimum absolute atomic E-state index is 0.0363. The zero-order valence-electron chi connectivity index (χ0n) is 16.2. The van der Waals surface area contributed by atoms with Gasteiger partial charge in [0.1, 0.15) is 0 Å². The number of fused-ring (bicyclic) bond motifs is 2. The first-order valence-corrected chi connectivity index (χ1v) is 11.1. The predicted molar refractivity (Wildman–Crippen MR) is 112 cm³/mol. The normalized spacial score (nSPS) is 22.0. The van der Waals surface area contributed by atoms with Crippen LogP contribution in [0.3, 0.4) is 0 Å². The van der Waals surface area contributed by atoms with Gasteiger partial charge in [0.15, 0.2) is 5.17 Å². The molecule has 1 unspecified atom stereocenters. The van der Waals surface area contributed by atoms with Crippen molar-refractivity contribution < 1.29 is 4.21 Å². The van der Waals surface area contributed by atoms with Gasteiger partial charge < -0.3 is 11.5 Å². The molecule has 0 amide bonds. The third kappa shape index (κ3) is 3.55. The van der Waals surface area contributed by atoms with Gasteiger partial charge in [0, 0.05) is 19.1 Å².